The largest absolute Gasteiger partial charge is 0.311 e. The van der Waals surface area contributed by atoms with Gasteiger partial charge in [0.1, 0.15) is 0 Å². The predicted molar refractivity (Wildman–Crippen MR) is 74.9 cm³/mol. The van der Waals surface area contributed by atoms with Crippen molar-refractivity contribution < 1.29 is 13.6 Å². The Kier molecular flexibility index (Phi) is 4.13. The molecule has 104 valence electrons. The number of hydrogen-bond donors (Lipinski definition) is 0. The van der Waals surface area contributed by atoms with Crippen molar-refractivity contribution in [2.75, 3.05) is 11.9 Å². The van der Waals surface area contributed by atoms with E-state index in [1.807, 2.05) is 19.1 Å². The first-order valence-electron chi connectivity index (χ1n) is 6.35. The molecule has 0 aliphatic carbocycles. The Morgan fingerprint density at radius 1 is 1.10 bits per heavy atom. The summed E-state index contributed by atoms with van der Waals surface area (Å²) < 4.78 is 26.8. The highest BCUT2D eigenvalue weighted by Gasteiger charge is 2.19. The molecule has 0 spiro atoms. The van der Waals surface area contributed by atoms with Gasteiger partial charge in [0.05, 0.1) is 5.56 Å². The molecule has 0 fully saturated rings. The molecule has 2 aromatic carbocycles. The van der Waals surface area contributed by atoms with Crippen LogP contribution >= 0.6 is 0 Å². The summed E-state index contributed by atoms with van der Waals surface area (Å²) in [6.45, 7) is 2.03. The van der Waals surface area contributed by atoms with Crippen molar-refractivity contribution in [1.82, 2.24) is 0 Å². The fourth-order valence-electron chi connectivity index (χ4n) is 1.92. The van der Waals surface area contributed by atoms with Crippen molar-refractivity contribution in [3.05, 3.63) is 65.2 Å². The molecule has 2 nitrogen and oxygen atoms in total. The summed E-state index contributed by atoms with van der Waals surface area (Å²) in [6, 6.07) is 11.0. The van der Waals surface area contributed by atoms with Crippen LogP contribution in [0.4, 0.5) is 14.5 Å². The molecule has 0 bridgehead atoms. The fourth-order valence-corrected chi connectivity index (χ4v) is 1.92. The smallest absolute Gasteiger partial charge is 0.261 e. The minimum absolute atomic E-state index is 0.271. The van der Waals surface area contributed by atoms with Crippen LogP contribution in [0.15, 0.2) is 42.5 Å². The molecular weight excluding hydrogens is 260 g/mol. The third-order valence-corrected chi connectivity index (χ3v) is 3.22. The summed E-state index contributed by atoms with van der Waals surface area (Å²) in [5.74, 6) is -2.72. The Labute approximate surface area is 116 Å². The van der Waals surface area contributed by atoms with Crippen molar-refractivity contribution in [1.29, 1.82) is 0 Å². The van der Waals surface area contributed by atoms with Crippen LogP contribution in [0.2, 0.25) is 0 Å². The fraction of sp³-hybridized carbons (Fsp3) is 0.188. The number of aryl methyl sites for hydroxylation is 1. The average molecular weight is 275 g/mol. The maximum atomic E-state index is 13.6. The van der Waals surface area contributed by atoms with E-state index in [0.29, 0.717) is 5.69 Å². The third-order valence-electron chi connectivity index (χ3n) is 3.22. The topological polar surface area (TPSA) is 20.3 Å². The third kappa shape index (κ3) is 2.69. The number of hydrogen-bond acceptors (Lipinski definition) is 1. The van der Waals surface area contributed by atoms with Crippen LogP contribution in [0.1, 0.15) is 22.8 Å². The molecule has 0 heterocycles. The van der Waals surface area contributed by atoms with E-state index in [9.17, 15) is 13.6 Å². The summed E-state index contributed by atoms with van der Waals surface area (Å²) in [6.07, 6.45) is 0.899. The molecule has 0 saturated heterocycles. The summed E-state index contributed by atoms with van der Waals surface area (Å²) >= 11 is 0. The van der Waals surface area contributed by atoms with Gasteiger partial charge in [-0.3, -0.25) is 4.79 Å². The monoisotopic (exact) mass is 275 g/mol. The van der Waals surface area contributed by atoms with E-state index in [2.05, 4.69) is 0 Å². The van der Waals surface area contributed by atoms with E-state index in [1.54, 1.807) is 12.1 Å². The highest BCUT2D eigenvalue weighted by molar-refractivity contribution is 6.05. The maximum Gasteiger partial charge on any atom is 0.261 e. The summed E-state index contributed by atoms with van der Waals surface area (Å²) in [7, 11) is 1.54. The second-order valence-electron chi connectivity index (χ2n) is 4.49. The molecule has 0 radical (unpaired) electrons. The van der Waals surface area contributed by atoms with Crippen LogP contribution in [0.3, 0.4) is 0 Å². The Hall–Kier alpha value is -2.23. The lowest BCUT2D eigenvalue weighted by Gasteiger charge is -2.18. The molecule has 0 saturated carbocycles. The summed E-state index contributed by atoms with van der Waals surface area (Å²) in [4.78, 5) is 13.5. The number of carbonyl (C=O) groups excluding carboxylic acids is 1. The van der Waals surface area contributed by atoms with Gasteiger partial charge in [-0.25, -0.2) is 8.78 Å². The molecule has 2 aromatic rings. The van der Waals surface area contributed by atoms with Gasteiger partial charge in [-0.2, -0.15) is 0 Å². The molecule has 4 heteroatoms. The quantitative estimate of drug-likeness (QED) is 0.834. The molecule has 2 rings (SSSR count). The molecule has 0 aliphatic rings. The molecule has 0 N–H and O–H groups in total. The van der Waals surface area contributed by atoms with Gasteiger partial charge in [0.25, 0.3) is 5.91 Å². The van der Waals surface area contributed by atoms with Gasteiger partial charge in [-0.15, -0.1) is 0 Å². The number of anilines is 1. The number of carbonyl (C=O) groups is 1. The first kappa shape index (κ1) is 14.2. The van der Waals surface area contributed by atoms with Crippen LogP contribution in [0, 0.1) is 11.6 Å². The second kappa shape index (κ2) is 5.82. The van der Waals surface area contributed by atoms with E-state index in [-0.39, 0.29) is 5.56 Å². The van der Waals surface area contributed by atoms with Gasteiger partial charge < -0.3 is 4.90 Å². The van der Waals surface area contributed by atoms with E-state index in [4.69, 9.17) is 0 Å². The SMILES string of the molecule is CCc1ccc(N(C)C(=O)c2cccc(F)c2F)cc1. The van der Waals surface area contributed by atoms with E-state index in [0.717, 1.165) is 18.1 Å². The first-order chi connectivity index (χ1) is 9.54. The first-order valence-corrected chi connectivity index (χ1v) is 6.35. The van der Waals surface area contributed by atoms with Crippen LogP contribution in [-0.4, -0.2) is 13.0 Å². The zero-order valence-electron chi connectivity index (χ0n) is 11.4. The highest BCUT2D eigenvalue weighted by Crippen LogP contribution is 2.19. The second-order valence-corrected chi connectivity index (χ2v) is 4.49. The van der Waals surface area contributed by atoms with Crippen molar-refractivity contribution in [2.45, 2.75) is 13.3 Å². The molecule has 20 heavy (non-hydrogen) atoms. The summed E-state index contributed by atoms with van der Waals surface area (Å²) in [5.41, 5.74) is 1.51. The van der Waals surface area contributed by atoms with Gasteiger partial charge >= 0.3 is 0 Å². The Balaban J connectivity index is 2.29. The number of rotatable bonds is 3. The lowest BCUT2D eigenvalue weighted by atomic mass is 10.1. The normalized spacial score (nSPS) is 10.4. The molecule has 1 amide bonds. The van der Waals surface area contributed by atoms with Crippen LogP contribution in [0.5, 0.6) is 0 Å². The zero-order chi connectivity index (χ0) is 14.7. The van der Waals surface area contributed by atoms with Gasteiger partial charge in [-0.1, -0.05) is 25.1 Å². The molecule has 0 aliphatic heterocycles. The van der Waals surface area contributed by atoms with Crippen molar-refractivity contribution in [3.8, 4) is 0 Å². The van der Waals surface area contributed by atoms with E-state index < -0.39 is 17.5 Å². The molecule has 0 aromatic heterocycles. The van der Waals surface area contributed by atoms with Crippen molar-refractivity contribution in [2.24, 2.45) is 0 Å². The Bertz CT molecular complexity index is 623. The van der Waals surface area contributed by atoms with Gasteiger partial charge in [0.2, 0.25) is 0 Å². The Morgan fingerprint density at radius 3 is 2.35 bits per heavy atom. The minimum Gasteiger partial charge on any atom is -0.311 e. The van der Waals surface area contributed by atoms with Gasteiger partial charge in [-0.05, 0) is 36.2 Å². The molecule has 0 unspecified atom stereocenters. The van der Waals surface area contributed by atoms with Crippen LogP contribution in [-0.2, 0) is 6.42 Å². The van der Waals surface area contributed by atoms with Crippen molar-refractivity contribution in [3.63, 3.8) is 0 Å². The zero-order valence-corrected chi connectivity index (χ0v) is 11.4. The van der Waals surface area contributed by atoms with Gasteiger partial charge in [0, 0.05) is 12.7 Å². The van der Waals surface area contributed by atoms with E-state index >= 15 is 0 Å². The number of halogens is 2. The number of nitrogens with zero attached hydrogens (tertiary/aromatic N) is 1. The van der Waals surface area contributed by atoms with Crippen molar-refractivity contribution >= 4 is 11.6 Å². The number of benzene rings is 2. The lowest BCUT2D eigenvalue weighted by molar-refractivity contribution is 0.0988. The summed E-state index contributed by atoms with van der Waals surface area (Å²) in [5, 5.41) is 0. The highest BCUT2D eigenvalue weighted by atomic mass is 19.2. The Morgan fingerprint density at radius 2 is 1.75 bits per heavy atom. The average Bonchev–Trinajstić information content (AvgIpc) is 2.48. The van der Waals surface area contributed by atoms with E-state index in [1.165, 1.54) is 24.1 Å². The maximum absolute atomic E-state index is 13.6. The lowest BCUT2D eigenvalue weighted by Crippen LogP contribution is -2.27. The van der Waals surface area contributed by atoms with Gasteiger partial charge in [0.15, 0.2) is 11.6 Å². The van der Waals surface area contributed by atoms with Crippen LogP contribution in [0.25, 0.3) is 0 Å². The molecular formula is C16H15F2NO. The minimum atomic E-state index is -1.12. The number of amides is 1. The van der Waals surface area contributed by atoms with Crippen LogP contribution < -0.4 is 4.90 Å². The molecule has 0 atom stereocenters. The standard InChI is InChI=1S/C16H15F2NO/c1-3-11-7-9-12(10-8-11)19(2)16(20)13-5-4-6-14(17)15(13)18/h4-10H,3H2,1-2H3. The predicted octanol–water partition coefficient (Wildman–Crippen LogP) is 3.80.